The van der Waals surface area contributed by atoms with Crippen LogP contribution in [-0.2, 0) is 9.59 Å². The molecular weight excluding hydrogens is 471 g/mol. The molecule has 2 N–H and O–H groups in total. The molecular formula is C29H41FN4O3. The van der Waals surface area contributed by atoms with Crippen LogP contribution in [0.5, 0.6) is 5.75 Å². The smallest absolute Gasteiger partial charge is 0.224 e. The summed E-state index contributed by atoms with van der Waals surface area (Å²) in [5.74, 6) is 0.854. The van der Waals surface area contributed by atoms with Gasteiger partial charge < -0.3 is 19.9 Å². The number of benzene rings is 1. The number of aromatic amines is 1. The highest BCUT2D eigenvalue weighted by molar-refractivity contribution is 5.83. The number of ether oxygens (including phenoxy) is 1. The molecule has 0 bridgehead atoms. The highest BCUT2D eigenvalue weighted by Crippen LogP contribution is 2.59. The Morgan fingerprint density at radius 3 is 2.73 bits per heavy atom. The monoisotopic (exact) mass is 512 g/mol. The average molecular weight is 513 g/mol. The second kappa shape index (κ2) is 12.2. The van der Waals surface area contributed by atoms with Gasteiger partial charge in [-0.05, 0) is 69.3 Å². The maximum absolute atomic E-state index is 14.3. The zero-order valence-corrected chi connectivity index (χ0v) is 22.4. The number of hydrogen-bond acceptors (Lipinski definition) is 5. The van der Waals surface area contributed by atoms with Gasteiger partial charge in [-0.2, -0.15) is 0 Å². The summed E-state index contributed by atoms with van der Waals surface area (Å²) in [5, 5.41) is 3.29. The van der Waals surface area contributed by atoms with Crippen molar-refractivity contribution < 1.29 is 18.7 Å². The van der Waals surface area contributed by atoms with Gasteiger partial charge in [0.2, 0.25) is 5.91 Å². The van der Waals surface area contributed by atoms with E-state index >= 15 is 0 Å². The van der Waals surface area contributed by atoms with Gasteiger partial charge in [0.05, 0.1) is 25.0 Å². The largest absolute Gasteiger partial charge is 0.493 e. The fraction of sp³-hybridized carbons (Fsp3) is 0.621. The van der Waals surface area contributed by atoms with Crippen molar-refractivity contribution in [2.45, 2.75) is 77.7 Å². The van der Waals surface area contributed by atoms with Crippen LogP contribution in [0.15, 0.2) is 24.4 Å². The molecule has 7 nitrogen and oxygen atoms in total. The number of nitrogens with zero attached hydrogens (tertiary/aromatic N) is 2. The Balaban J connectivity index is 1.44. The van der Waals surface area contributed by atoms with Gasteiger partial charge in [0.1, 0.15) is 11.6 Å². The van der Waals surface area contributed by atoms with E-state index < -0.39 is 5.82 Å². The van der Waals surface area contributed by atoms with Crippen LogP contribution in [0.4, 0.5) is 4.39 Å². The normalized spacial score (nSPS) is 19.5. The molecule has 1 amide bonds. The van der Waals surface area contributed by atoms with Crippen molar-refractivity contribution in [3.8, 4) is 17.0 Å². The van der Waals surface area contributed by atoms with Gasteiger partial charge in [-0.3, -0.25) is 9.59 Å². The number of amides is 1. The number of halogens is 1. The zero-order valence-electron chi connectivity index (χ0n) is 22.4. The highest BCUT2D eigenvalue weighted by atomic mass is 19.1. The number of unbranched alkanes of at least 4 members (excludes halogenated alkanes) is 2. The molecule has 0 radical (unpaired) electrons. The van der Waals surface area contributed by atoms with Crippen LogP contribution in [0.3, 0.4) is 0 Å². The van der Waals surface area contributed by atoms with Crippen molar-refractivity contribution in [2.24, 2.45) is 11.3 Å². The first-order chi connectivity index (χ1) is 17.9. The lowest BCUT2D eigenvalue weighted by Gasteiger charge is -2.32. The predicted octanol–water partition coefficient (Wildman–Crippen LogP) is 5.43. The number of carbonyl (C=O) groups excluding carboxylic acids is 2. The molecule has 8 heteroatoms. The average Bonchev–Trinajstić information content (AvgIpc) is 3.38. The number of carbonyl (C=O) groups is 2. The third-order valence-electron chi connectivity index (χ3n) is 8.35. The van der Waals surface area contributed by atoms with E-state index in [0.29, 0.717) is 29.9 Å². The van der Waals surface area contributed by atoms with Gasteiger partial charge in [0.25, 0.3) is 0 Å². The fourth-order valence-corrected chi connectivity index (χ4v) is 5.74. The number of rotatable bonds is 13. The van der Waals surface area contributed by atoms with E-state index in [2.05, 4.69) is 27.1 Å². The number of methoxy groups -OCH3 is 1. The molecule has 4 rings (SSSR count). The first-order valence-electron chi connectivity index (χ1n) is 13.8. The van der Waals surface area contributed by atoms with Crippen LogP contribution in [0.2, 0.25) is 0 Å². The van der Waals surface area contributed by atoms with Gasteiger partial charge in [-0.25, -0.2) is 9.37 Å². The molecule has 37 heavy (non-hydrogen) atoms. The molecule has 2 atom stereocenters. The summed E-state index contributed by atoms with van der Waals surface area (Å²) in [5.41, 5.74) is 1.39. The lowest BCUT2D eigenvalue weighted by atomic mass is 9.90. The Bertz CT molecular complexity index is 1080. The Labute approximate surface area is 219 Å². The van der Waals surface area contributed by atoms with Gasteiger partial charge in [0, 0.05) is 24.3 Å². The van der Waals surface area contributed by atoms with E-state index in [1.54, 1.807) is 18.3 Å². The third kappa shape index (κ3) is 6.40. The van der Waals surface area contributed by atoms with Crippen molar-refractivity contribution in [1.82, 2.24) is 20.2 Å². The van der Waals surface area contributed by atoms with Crippen molar-refractivity contribution >= 4 is 11.7 Å². The summed E-state index contributed by atoms with van der Waals surface area (Å²) in [7, 11) is 1.45. The number of Topliss-reactive ketones (excluding diaryl/α,β-unsaturated/α-hetero) is 1. The quantitative estimate of drug-likeness (QED) is 0.349. The first-order valence-corrected chi connectivity index (χ1v) is 13.8. The molecule has 1 aromatic heterocycles. The molecule has 202 valence electrons. The second-order valence-electron chi connectivity index (χ2n) is 10.6. The van der Waals surface area contributed by atoms with Crippen LogP contribution < -0.4 is 10.1 Å². The van der Waals surface area contributed by atoms with Gasteiger partial charge in [0.15, 0.2) is 11.6 Å². The number of nitrogens with one attached hydrogen (secondary N) is 2. The molecule has 0 unspecified atom stereocenters. The second-order valence-corrected chi connectivity index (χ2v) is 10.6. The molecule has 2 aromatic rings. The summed E-state index contributed by atoms with van der Waals surface area (Å²) in [6, 6.07) is 4.52. The fourth-order valence-electron chi connectivity index (χ4n) is 5.74. The number of ketones is 1. The molecule has 1 aliphatic heterocycles. The Morgan fingerprint density at radius 1 is 1.24 bits per heavy atom. The van der Waals surface area contributed by atoms with Gasteiger partial charge in [-0.15, -0.1) is 0 Å². The number of piperidine rings is 1. The van der Waals surface area contributed by atoms with E-state index in [0.717, 1.165) is 64.6 Å². The minimum Gasteiger partial charge on any atom is -0.493 e. The molecule has 2 aliphatic rings. The van der Waals surface area contributed by atoms with Crippen LogP contribution in [0, 0.1) is 17.2 Å². The molecule has 1 aromatic carbocycles. The van der Waals surface area contributed by atoms with E-state index in [-0.39, 0.29) is 34.8 Å². The number of para-hydroxylation sites is 1. The predicted molar refractivity (Wildman–Crippen MR) is 142 cm³/mol. The van der Waals surface area contributed by atoms with Crippen molar-refractivity contribution in [3.05, 3.63) is 36.0 Å². The maximum atomic E-state index is 14.3. The van der Waals surface area contributed by atoms with E-state index in [4.69, 9.17) is 4.74 Å². The Hall–Kier alpha value is -2.74. The molecule has 2 heterocycles. The van der Waals surface area contributed by atoms with Crippen LogP contribution in [0.25, 0.3) is 11.3 Å². The Kier molecular flexibility index (Phi) is 9.00. The zero-order chi connectivity index (χ0) is 26.4. The summed E-state index contributed by atoms with van der Waals surface area (Å²) in [4.78, 5) is 35.4. The lowest BCUT2D eigenvalue weighted by Crippen LogP contribution is -2.37. The minimum atomic E-state index is -0.434. The van der Waals surface area contributed by atoms with E-state index in [1.165, 1.54) is 13.2 Å². The van der Waals surface area contributed by atoms with Gasteiger partial charge in [-0.1, -0.05) is 32.8 Å². The van der Waals surface area contributed by atoms with Crippen molar-refractivity contribution in [1.29, 1.82) is 0 Å². The topological polar surface area (TPSA) is 87.3 Å². The maximum Gasteiger partial charge on any atom is 0.224 e. The summed E-state index contributed by atoms with van der Waals surface area (Å²) >= 11 is 0. The number of aromatic nitrogens is 2. The van der Waals surface area contributed by atoms with Crippen LogP contribution in [-0.4, -0.2) is 53.3 Å². The van der Waals surface area contributed by atoms with Crippen molar-refractivity contribution in [3.63, 3.8) is 0 Å². The first kappa shape index (κ1) is 27.3. The van der Waals surface area contributed by atoms with E-state index in [1.807, 2.05) is 6.92 Å². The number of imidazole rings is 1. The summed E-state index contributed by atoms with van der Waals surface area (Å²) < 4.78 is 19.5. The SMILES string of the molecule is CCC(=O)CCCCC[C@H](NC(=O)[C@H]1CC12CCN(CC)CC2)c1ncc(-c2cccc(F)c2OC)[nH]1. The van der Waals surface area contributed by atoms with Gasteiger partial charge >= 0.3 is 0 Å². The summed E-state index contributed by atoms with van der Waals surface area (Å²) in [6.07, 6.45) is 9.37. The van der Waals surface area contributed by atoms with Crippen LogP contribution in [0.1, 0.15) is 83.5 Å². The van der Waals surface area contributed by atoms with E-state index in [9.17, 15) is 14.0 Å². The number of H-pyrrole nitrogens is 1. The molecule has 1 spiro atoms. The summed E-state index contributed by atoms with van der Waals surface area (Å²) in [6.45, 7) is 7.28. The standard InChI is InChI=1S/C29H41FN4O3/c1-4-20(35)10-7-6-8-13-24(33-28(36)22-18-29(22)14-16-34(5-2)17-15-29)27-31-19-25(32-27)21-11-9-12-23(30)26(21)37-3/h9,11-12,19,22,24H,4-8,10,13-18H2,1-3H3,(H,31,32)(H,33,36)/t22-,24+/m1/s1. The number of hydrogen-bond donors (Lipinski definition) is 2. The Morgan fingerprint density at radius 2 is 2.03 bits per heavy atom. The highest BCUT2D eigenvalue weighted by Gasteiger charge is 2.58. The molecule has 1 aliphatic carbocycles. The lowest BCUT2D eigenvalue weighted by molar-refractivity contribution is -0.124. The van der Waals surface area contributed by atoms with Crippen LogP contribution >= 0.6 is 0 Å². The molecule has 1 saturated carbocycles. The minimum absolute atomic E-state index is 0.0638. The molecule has 1 saturated heterocycles. The molecule has 2 fully saturated rings. The third-order valence-corrected chi connectivity index (χ3v) is 8.35. The van der Waals surface area contributed by atoms with Crippen molar-refractivity contribution in [2.75, 3.05) is 26.7 Å². The number of likely N-dealkylation sites (tertiary alicyclic amines) is 1.